The van der Waals surface area contributed by atoms with Crippen molar-refractivity contribution in [2.75, 3.05) is 13.7 Å². The third-order valence-electron chi connectivity index (χ3n) is 2.64. The van der Waals surface area contributed by atoms with Crippen LogP contribution >= 0.6 is 0 Å². The number of alkyl halides is 3. The van der Waals surface area contributed by atoms with Crippen LogP contribution in [0.15, 0.2) is 18.2 Å². The Hall–Kier alpha value is -1.92. The quantitative estimate of drug-likeness (QED) is 0.792. The Bertz CT molecular complexity index is 461. The topological polar surface area (TPSA) is 58.6 Å². The number of hydrogen-bond donors (Lipinski definition) is 2. The summed E-state index contributed by atoms with van der Waals surface area (Å²) in [4.78, 5) is 11.7. The summed E-state index contributed by atoms with van der Waals surface area (Å²) in [6.45, 7) is 0.117. The lowest BCUT2D eigenvalue weighted by atomic mass is 10.1. The van der Waals surface area contributed by atoms with E-state index in [1.54, 1.807) is 0 Å². The highest BCUT2D eigenvalue weighted by Gasteiger charge is 2.25. The van der Waals surface area contributed by atoms with E-state index in [-0.39, 0.29) is 36.4 Å². The van der Waals surface area contributed by atoms with E-state index in [2.05, 4.69) is 5.32 Å². The average molecular weight is 291 g/mol. The van der Waals surface area contributed by atoms with Gasteiger partial charge in [-0.15, -0.1) is 0 Å². The molecular weight excluding hydrogens is 275 g/mol. The number of aromatic hydroxyl groups is 1. The summed E-state index contributed by atoms with van der Waals surface area (Å²) in [5.74, 6) is -0.675. The highest BCUT2D eigenvalue weighted by molar-refractivity contribution is 5.97. The van der Waals surface area contributed by atoms with Gasteiger partial charge in [0.1, 0.15) is 0 Å². The normalized spacial score (nSPS) is 11.2. The number of halogens is 3. The number of benzene rings is 1. The Kier molecular flexibility index (Phi) is 5.66. The molecule has 0 saturated heterocycles. The number of carbonyl (C=O) groups excluding carboxylic acids is 1. The van der Waals surface area contributed by atoms with Gasteiger partial charge in [0, 0.05) is 13.0 Å². The molecule has 0 fully saturated rings. The molecule has 0 aromatic heterocycles. The monoisotopic (exact) mass is 291 g/mol. The molecule has 0 saturated carbocycles. The first kappa shape index (κ1) is 16.1. The van der Waals surface area contributed by atoms with Crippen LogP contribution in [0.3, 0.4) is 0 Å². The number of unbranched alkanes of at least 4 members (excludes halogenated alkanes) is 1. The fraction of sp³-hybridized carbons (Fsp3) is 0.462. The molecule has 1 aromatic rings. The summed E-state index contributed by atoms with van der Waals surface area (Å²) in [7, 11) is 1.36. The van der Waals surface area contributed by atoms with Crippen LogP contribution in [0.2, 0.25) is 0 Å². The van der Waals surface area contributed by atoms with Crippen molar-refractivity contribution in [3.8, 4) is 11.5 Å². The van der Waals surface area contributed by atoms with Crippen molar-refractivity contribution in [1.29, 1.82) is 0 Å². The Morgan fingerprint density at radius 3 is 2.65 bits per heavy atom. The van der Waals surface area contributed by atoms with E-state index in [9.17, 15) is 23.1 Å². The zero-order chi connectivity index (χ0) is 15.2. The lowest BCUT2D eigenvalue weighted by Gasteiger charge is -2.10. The molecule has 0 spiro atoms. The molecule has 0 radical (unpaired) electrons. The van der Waals surface area contributed by atoms with Crippen molar-refractivity contribution in [1.82, 2.24) is 5.32 Å². The van der Waals surface area contributed by atoms with Crippen LogP contribution in [0.1, 0.15) is 29.6 Å². The highest BCUT2D eigenvalue weighted by Crippen LogP contribution is 2.29. The Labute approximate surface area is 114 Å². The van der Waals surface area contributed by atoms with Gasteiger partial charge in [0.25, 0.3) is 5.91 Å². The summed E-state index contributed by atoms with van der Waals surface area (Å²) in [6, 6.07) is 4.44. The Morgan fingerprint density at radius 1 is 1.35 bits per heavy atom. The second-order valence-electron chi connectivity index (χ2n) is 4.18. The van der Waals surface area contributed by atoms with Gasteiger partial charge in [0.2, 0.25) is 0 Å². The molecule has 0 aliphatic rings. The van der Waals surface area contributed by atoms with Gasteiger partial charge in [0.15, 0.2) is 11.5 Å². The Balaban J connectivity index is 2.44. The van der Waals surface area contributed by atoms with Crippen LogP contribution in [0.4, 0.5) is 13.2 Å². The van der Waals surface area contributed by atoms with Crippen LogP contribution in [-0.2, 0) is 0 Å². The molecule has 1 aromatic carbocycles. The second-order valence-corrected chi connectivity index (χ2v) is 4.18. The molecule has 0 aliphatic heterocycles. The highest BCUT2D eigenvalue weighted by atomic mass is 19.4. The third-order valence-corrected chi connectivity index (χ3v) is 2.64. The van der Waals surface area contributed by atoms with Gasteiger partial charge in [0.05, 0.1) is 12.7 Å². The maximum atomic E-state index is 11.9. The lowest BCUT2D eigenvalue weighted by Crippen LogP contribution is -2.24. The molecule has 2 N–H and O–H groups in total. The number of para-hydroxylation sites is 1. The average Bonchev–Trinajstić information content (AvgIpc) is 2.37. The molecule has 4 nitrogen and oxygen atoms in total. The van der Waals surface area contributed by atoms with Crippen molar-refractivity contribution >= 4 is 5.91 Å². The number of phenols is 1. The van der Waals surface area contributed by atoms with Gasteiger partial charge in [-0.3, -0.25) is 4.79 Å². The SMILES string of the molecule is COc1cccc(C(=O)NCCCCC(F)(F)F)c1O. The molecule has 1 rings (SSSR count). The van der Waals surface area contributed by atoms with E-state index in [0.717, 1.165) is 0 Å². The molecule has 20 heavy (non-hydrogen) atoms. The second kappa shape index (κ2) is 7.02. The maximum absolute atomic E-state index is 11.9. The summed E-state index contributed by atoms with van der Waals surface area (Å²) in [5.41, 5.74) is 0.0279. The molecule has 7 heteroatoms. The molecule has 1 amide bonds. The number of amides is 1. The van der Waals surface area contributed by atoms with Gasteiger partial charge < -0.3 is 15.2 Å². The van der Waals surface area contributed by atoms with E-state index in [1.165, 1.54) is 25.3 Å². The van der Waals surface area contributed by atoms with Crippen molar-refractivity contribution in [2.24, 2.45) is 0 Å². The minimum Gasteiger partial charge on any atom is -0.504 e. The van der Waals surface area contributed by atoms with Gasteiger partial charge >= 0.3 is 6.18 Å². The maximum Gasteiger partial charge on any atom is 0.389 e. The van der Waals surface area contributed by atoms with Gasteiger partial charge in [-0.25, -0.2) is 0 Å². The predicted molar refractivity (Wildman–Crippen MR) is 66.9 cm³/mol. The first-order valence-electron chi connectivity index (χ1n) is 6.06. The van der Waals surface area contributed by atoms with Crippen LogP contribution < -0.4 is 10.1 Å². The summed E-state index contributed by atoms with van der Waals surface area (Å²) in [6.07, 6.45) is -4.87. The van der Waals surface area contributed by atoms with Gasteiger partial charge in [-0.2, -0.15) is 13.2 Å². The van der Waals surface area contributed by atoms with E-state index in [0.29, 0.717) is 0 Å². The van der Waals surface area contributed by atoms with Crippen molar-refractivity contribution < 1.29 is 27.8 Å². The number of ether oxygens (including phenoxy) is 1. The minimum absolute atomic E-state index is 0.0279. The third kappa shape index (κ3) is 4.99. The molecule has 0 bridgehead atoms. The van der Waals surface area contributed by atoms with E-state index < -0.39 is 18.5 Å². The summed E-state index contributed by atoms with van der Waals surface area (Å²) < 4.78 is 40.6. The standard InChI is InChI=1S/C13H16F3NO3/c1-20-10-6-4-5-9(11(10)18)12(19)17-8-3-2-7-13(14,15)16/h4-6,18H,2-3,7-8H2,1H3,(H,17,19). The number of rotatable bonds is 6. The lowest BCUT2D eigenvalue weighted by molar-refractivity contribution is -0.135. The largest absolute Gasteiger partial charge is 0.504 e. The van der Waals surface area contributed by atoms with Crippen molar-refractivity contribution in [2.45, 2.75) is 25.4 Å². The van der Waals surface area contributed by atoms with Gasteiger partial charge in [-0.1, -0.05) is 6.07 Å². The van der Waals surface area contributed by atoms with Crippen molar-refractivity contribution in [3.63, 3.8) is 0 Å². The van der Waals surface area contributed by atoms with Crippen LogP contribution in [0.25, 0.3) is 0 Å². The van der Waals surface area contributed by atoms with Gasteiger partial charge in [-0.05, 0) is 25.0 Å². The summed E-state index contributed by atoms with van der Waals surface area (Å²) in [5, 5.41) is 12.2. The molecule has 112 valence electrons. The molecule has 0 unspecified atom stereocenters. The minimum atomic E-state index is -4.17. The Morgan fingerprint density at radius 2 is 2.05 bits per heavy atom. The fourth-order valence-electron chi connectivity index (χ4n) is 1.62. The number of methoxy groups -OCH3 is 1. The number of hydrogen-bond acceptors (Lipinski definition) is 3. The zero-order valence-electron chi connectivity index (χ0n) is 11.0. The first-order chi connectivity index (χ1) is 9.35. The number of phenolic OH excluding ortho intramolecular Hbond substituents is 1. The van der Waals surface area contributed by atoms with Crippen molar-refractivity contribution in [3.05, 3.63) is 23.8 Å². The first-order valence-corrected chi connectivity index (χ1v) is 6.06. The number of carbonyl (C=O) groups is 1. The smallest absolute Gasteiger partial charge is 0.389 e. The predicted octanol–water partition coefficient (Wildman–Crippen LogP) is 2.86. The number of nitrogens with one attached hydrogen (secondary N) is 1. The molecule has 0 aliphatic carbocycles. The fourth-order valence-corrected chi connectivity index (χ4v) is 1.62. The molecule has 0 heterocycles. The summed E-state index contributed by atoms with van der Waals surface area (Å²) >= 11 is 0. The molecule has 0 atom stereocenters. The zero-order valence-corrected chi connectivity index (χ0v) is 11.0. The van der Waals surface area contributed by atoms with E-state index in [1.807, 2.05) is 0 Å². The van der Waals surface area contributed by atoms with Crippen LogP contribution in [-0.4, -0.2) is 30.8 Å². The van der Waals surface area contributed by atoms with Crippen LogP contribution in [0.5, 0.6) is 11.5 Å². The van der Waals surface area contributed by atoms with E-state index >= 15 is 0 Å². The van der Waals surface area contributed by atoms with E-state index in [4.69, 9.17) is 4.74 Å². The van der Waals surface area contributed by atoms with Crippen LogP contribution in [0, 0.1) is 0 Å². The molecular formula is C13H16F3NO3.